The van der Waals surface area contributed by atoms with E-state index in [1.807, 2.05) is 32.2 Å². The fourth-order valence-electron chi connectivity index (χ4n) is 2.97. The summed E-state index contributed by atoms with van der Waals surface area (Å²) >= 11 is 5.98. The zero-order valence-corrected chi connectivity index (χ0v) is 13.0. The van der Waals surface area contributed by atoms with E-state index in [1.165, 1.54) is 19.3 Å². The van der Waals surface area contributed by atoms with E-state index in [2.05, 4.69) is 10.6 Å². The minimum absolute atomic E-state index is 0.0329. The Balaban J connectivity index is 2.02. The molecule has 0 aromatic heterocycles. The molecular weight excluding hydrogens is 272 g/mol. The normalized spacial score (nSPS) is 17.8. The molecule has 1 aliphatic rings. The molecular formula is C16H23ClN2O. The number of anilines is 1. The van der Waals surface area contributed by atoms with Crippen LogP contribution in [0.5, 0.6) is 0 Å². The number of hydrogen-bond donors (Lipinski definition) is 2. The highest BCUT2D eigenvalue weighted by molar-refractivity contribution is 6.31. The summed E-state index contributed by atoms with van der Waals surface area (Å²) in [6.07, 6.45) is 6.35. The third-order valence-electron chi connectivity index (χ3n) is 4.31. The van der Waals surface area contributed by atoms with Crippen LogP contribution in [0.4, 0.5) is 5.69 Å². The molecule has 0 saturated heterocycles. The van der Waals surface area contributed by atoms with Crippen LogP contribution in [0.3, 0.4) is 0 Å². The summed E-state index contributed by atoms with van der Waals surface area (Å²) in [5.74, 6) is 0.0617. The molecule has 1 saturated carbocycles. The van der Waals surface area contributed by atoms with Crippen molar-refractivity contribution in [2.45, 2.75) is 51.0 Å². The number of rotatable bonds is 4. The molecule has 0 bridgehead atoms. The third kappa shape index (κ3) is 3.74. The lowest BCUT2D eigenvalue weighted by atomic mass is 9.79. The van der Waals surface area contributed by atoms with Gasteiger partial charge in [-0.3, -0.25) is 4.79 Å². The van der Waals surface area contributed by atoms with Crippen LogP contribution in [0.2, 0.25) is 5.02 Å². The largest absolute Gasteiger partial charge is 0.326 e. The van der Waals surface area contributed by atoms with Crippen LogP contribution in [-0.4, -0.2) is 18.5 Å². The maximum absolute atomic E-state index is 12.3. The Morgan fingerprint density at radius 3 is 2.65 bits per heavy atom. The predicted octanol–water partition coefficient (Wildman–Crippen LogP) is 3.90. The lowest BCUT2D eigenvalue weighted by Crippen LogP contribution is -2.47. The van der Waals surface area contributed by atoms with Gasteiger partial charge in [-0.1, -0.05) is 36.9 Å². The molecule has 1 amide bonds. The molecule has 1 aromatic carbocycles. The number of carbonyl (C=O) groups is 1. The maximum atomic E-state index is 12.3. The van der Waals surface area contributed by atoms with Gasteiger partial charge in [0.15, 0.2) is 0 Å². The van der Waals surface area contributed by atoms with Gasteiger partial charge in [-0.05, 0) is 44.5 Å². The Morgan fingerprint density at radius 2 is 2.00 bits per heavy atom. The number of nitrogens with one attached hydrogen (secondary N) is 2. The standard InChI is InChI=1S/C16H23ClN2O/c1-12-6-7-13(17)10-14(12)19-15(20)11-16(18-2)8-4-3-5-9-16/h6-7,10,18H,3-5,8-9,11H2,1-2H3,(H,19,20). The average molecular weight is 295 g/mol. The van der Waals surface area contributed by atoms with Crippen molar-refractivity contribution in [1.29, 1.82) is 0 Å². The summed E-state index contributed by atoms with van der Waals surface area (Å²) in [7, 11) is 1.96. The van der Waals surface area contributed by atoms with Gasteiger partial charge in [0, 0.05) is 22.7 Å². The van der Waals surface area contributed by atoms with Crippen molar-refractivity contribution in [3.8, 4) is 0 Å². The van der Waals surface area contributed by atoms with Crippen molar-refractivity contribution in [1.82, 2.24) is 5.32 Å². The summed E-state index contributed by atoms with van der Waals surface area (Å²) in [5.41, 5.74) is 1.81. The van der Waals surface area contributed by atoms with Crippen LogP contribution in [0.25, 0.3) is 0 Å². The van der Waals surface area contributed by atoms with Gasteiger partial charge in [0.1, 0.15) is 0 Å². The fraction of sp³-hybridized carbons (Fsp3) is 0.562. The third-order valence-corrected chi connectivity index (χ3v) is 4.55. The van der Waals surface area contributed by atoms with E-state index in [0.717, 1.165) is 24.1 Å². The Morgan fingerprint density at radius 1 is 1.30 bits per heavy atom. The molecule has 4 heteroatoms. The first-order valence-electron chi connectivity index (χ1n) is 7.30. The number of carbonyl (C=O) groups excluding carboxylic acids is 1. The zero-order valence-electron chi connectivity index (χ0n) is 12.3. The Bertz CT molecular complexity index is 481. The summed E-state index contributed by atoms with van der Waals surface area (Å²) in [6, 6.07) is 5.57. The first kappa shape index (κ1) is 15.3. The Kier molecular flexibility index (Phi) is 5.06. The molecule has 2 rings (SSSR count). The molecule has 0 unspecified atom stereocenters. The highest BCUT2D eigenvalue weighted by Gasteiger charge is 2.32. The van der Waals surface area contributed by atoms with Crippen molar-refractivity contribution < 1.29 is 4.79 Å². The second-order valence-corrected chi connectivity index (χ2v) is 6.21. The molecule has 110 valence electrons. The van der Waals surface area contributed by atoms with Gasteiger partial charge < -0.3 is 10.6 Å². The minimum Gasteiger partial charge on any atom is -0.326 e. The summed E-state index contributed by atoms with van der Waals surface area (Å²) in [4.78, 5) is 12.3. The van der Waals surface area contributed by atoms with Crippen molar-refractivity contribution in [3.63, 3.8) is 0 Å². The molecule has 0 radical (unpaired) electrons. The number of amides is 1. The van der Waals surface area contributed by atoms with E-state index in [4.69, 9.17) is 11.6 Å². The van der Waals surface area contributed by atoms with Crippen LogP contribution in [0.15, 0.2) is 18.2 Å². The van der Waals surface area contributed by atoms with Crippen LogP contribution >= 0.6 is 11.6 Å². The van der Waals surface area contributed by atoms with E-state index >= 15 is 0 Å². The van der Waals surface area contributed by atoms with Crippen molar-refractivity contribution in [2.75, 3.05) is 12.4 Å². The van der Waals surface area contributed by atoms with Crippen molar-refractivity contribution in [2.24, 2.45) is 0 Å². The first-order valence-corrected chi connectivity index (χ1v) is 7.67. The lowest BCUT2D eigenvalue weighted by molar-refractivity contribution is -0.117. The molecule has 1 fully saturated rings. The predicted molar refractivity (Wildman–Crippen MR) is 84.3 cm³/mol. The minimum atomic E-state index is -0.0329. The van der Waals surface area contributed by atoms with Gasteiger partial charge >= 0.3 is 0 Å². The molecule has 0 aliphatic heterocycles. The van der Waals surface area contributed by atoms with Crippen LogP contribution < -0.4 is 10.6 Å². The topological polar surface area (TPSA) is 41.1 Å². The number of halogens is 1. The molecule has 0 atom stereocenters. The van der Waals surface area contributed by atoms with Crippen molar-refractivity contribution in [3.05, 3.63) is 28.8 Å². The number of hydrogen-bond acceptors (Lipinski definition) is 2. The van der Waals surface area contributed by atoms with E-state index in [9.17, 15) is 4.79 Å². The second-order valence-electron chi connectivity index (χ2n) is 5.78. The highest BCUT2D eigenvalue weighted by Crippen LogP contribution is 2.31. The Labute approximate surface area is 126 Å². The van der Waals surface area contributed by atoms with Gasteiger partial charge in [0.25, 0.3) is 0 Å². The quantitative estimate of drug-likeness (QED) is 0.884. The van der Waals surface area contributed by atoms with Gasteiger partial charge in [-0.15, -0.1) is 0 Å². The van der Waals surface area contributed by atoms with Crippen LogP contribution in [0, 0.1) is 6.92 Å². The van der Waals surface area contributed by atoms with E-state index < -0.39 is 0 Å². The summed E-state index contributed by atoms with van der Waals surface area (Å²) < 4.78 is 0. The van der Waals surface area contributed by atoms with E-state index in [1.54, 1.807) is 0 Å². The first-order chi connectivity index (χ1) is 9.54. The maximum Gasteiger partial charge on any atom is 0.226 e. The molecule has 20 heavy (non-hydrogen) atoms. The van der Waals surface area contributed by atoms with Gasteiger partial charge in [-0.25, -0.2) is 0 Å². The second kappa shape index (κ2) is 6.59. The lowest BCUT2D eigenvalue weighted by Gasteiger charge is -2.36. The summed E-state index contributed by atoms with van der Waals surface area (Å²) in [5, 5.41) is 7.01. The van der Waals surface area contributed by atoms with Crippen LogP contribution in [-0.2, 0) is 4.79 Å². The summed E-state index contributed by atoms with van der Waals surface area (Å²) in [6.45, 7) is 1.97. The fourth-order valence-corrected chi connectivity index (χ4v) is 3.15. The highest BCUT2D eigenvalue weighted by atomic mass is 35.5. The molecule has 3 nitrogen and oxygen atoms in total. The zero-order chi connectivity index (χ0) is 14.6. The average Bonchev–Trinajstić information content (AvgIpc) is 2.44. The van der Waals surface area contributed by atoms with Gasteiger partial charge in [0.05, 0.1) is 0 Å². The molecule has 0 heterocycles. The van der Waals surface area contributed by atoms with Gasteiger partial charge in [-0.2, -0.15) is 0 Å². The van der Waals surface area contributed by atoms with E-state index in [0.29, 0.717) is 11.4 Å². The van der Waals surface area contributed by atoms with Crippen molar-refractivity contribution >= 4 is 23.2 Å². The monoisotopic (exact) mass is 294 g/mol. The Hall–Kier alpha value is -1.06. The molecule has 0 spiro atoms. The van der Waals surface area contributed by atoms with E-state index in [-0.39, 0.29) is 11.4 Å². The molecule has 1 aliphatic carbocycles. The number of benzene rings is 1. The smallest absolute Gasteiger partial charge is 0.226 e. The molecule has 2 N–H and O–H groups in total. The molecule has 1 aromatic rings. The number of aryl methyl sites for hydroxylation is 1. The van der Waals surface area contributed by atoms with Gasteiger partial charge in [0.2, 0.25) is 5.91 Å². The van der Waals surface area contributed by atoms with Crippen LogP contribution in [0.1, 0.15) is 44.1 Å². The SMILES string of the molecule is CNC1(CC(=O)Nc2cc(Cl)ccc2C)CCCCC1.